The fourth-order valence-corrected chi connectivity index (χ4v) is 1.70. The predicted molar refractivity (Wildman–Crippen MR) is 63.9 cm³/mol. The molecule has 0 radical (unpaired) electrons. The lowest BCUT2D eigenvalue weighted by atomic mass is 9.92. The van der Waals surface area contributed by atoms with Crippen LogP contribution in [0.3, 0.4) is 0 Å². The smallest absolute Gasteiger partial charge is 0.306 e. The highest BCUT2D eigenvalue weighted by atomic mass is 16.4. The van der Waals surface area contributed by atoms with Gasteiger partial charge in [0.05, 0.1) is 5.92 Å². The van der Waals surface area contributed by atoms with Crippen LogP contribution < -0.4 is 0 Å². The molecule has 0 amide bonds. The third kappa shape index (κ3) is 7.18. The second-order valence-electron chi connectivity index (χ2n) is 4.58. The van der Waals surface area contributed by atoms with Crippen LogP contribution in [0.2, 0.25) is 0 Å². The minimum absolute atomic E-state index is 0.214. The molecule has 88 valence electrons. The van der Waals surface area contributed by atoms with E-state index in [4.69, 9.17) is 5.11 Å². The van der Waals surface area contributed by atoms with Gasteiger partial charge in [-0.2, -0.15) is 0 Å². The van der Waals surface area contributed by atoms with E-state index in [2.05, 4.69) is 20.4 Å². The van der Waals surface area contributed by atoms with Gasteiger partial charge in [-0.3, -0.25) is 4.79 Å². The van der Waals surface area contributed by atoms with Gasteiger partial charge in [0.15, 0.2) is 0 Å². The first kappa shape index (κ1) is 14.2. The van der Waals surface area contributed by atoms with Crippen molar-refractivity contribution in [3.63, 3.8) is 0 Å². The van der Waals surface area contributed by atoms with Crippen molar-refractivity contribution < 1.29 is 9.90 Å². The standard InChI is InChI=1S/C13H24O2/c1-5-10(2)7-6-8-11(3)9-12(4)13(14)15/h11-12H,2,5-9H2,1,3-4H3,(H,14,15). The van der Waals surface area contributed by atoms with Crippen LogP contribution in [0.15, 0.2) is 12.2 Å². The highest BCUT2D eigenvalue weighted by Gasteiger charge is 2.14. The third-order valence-electron chi connectivity index (χ3n) is 2.90. The zero-order chi connectivity index (χ0) is 11.8. The molecule has 2 unspecified atom stereocenters. The maximum Gasteiger partial charge on any atom is 0.306 e. The van der Waals surface area contributed by atoms with Crippen LogP contribution in [0.4, 0.5) is 0 Å². The van der Waals surface area contributed by atoms with Crippen LogP contribution in [-0.4, -0.2) is 11.1 Å². The lowest BCUT2D eigenvalue weighted by molar-refractivity contribution is -0.141. The monoisotopic (exact) mass is 212 g/mol. The molecule has 2 nitrogen and oxygen atoms in total. The Labute approximate surface area is 93.4 Å². The molecule has 2 atom stereocenters. The minimum Gasteiger partial charge on any atom is -0.481 e. The Morgan fingerprint density at radius 1 is 1.40 bits per heavy atom. The summed E-state index contributed by atoms with van der Waals surface area (Å²) in [5.41, 5.74) is 1.30. The Kier molecular flexibility index (Phi) is 7.10. The molecule has 0 aliphatic heterocycles. The maximum absolute atomic E-state index is 10.6. The lowest BCUT2D eigenvalue weighted by Gasteiger charge is -2.14. The summed E-state index contributed by atoms with van der Waals surface area (Å²) in [7, 11) is 0. The SMILES string of the molecule is C=C(CC)CCCC(C)CC(C)C(=O)O. The van der Waals surface area contributed by atoms with Crippen LogP contribution in [0.5, 0.6) is 0 Å². The van der Waals surface area contributed by atoms with E-state index in [1.807, 2.05) is 0 Å². The molecular weight excluding hydrogens is 188 g/mol. The third-order valence-corrected chi connectivity index (χ3v) is 2.90. The van der Waals surface area contributed by atoms with Crippen molar-refractivity contribution >= 4 is 5.97 Å². The summed E-state index contributed by atoms with van der Waals surface area (Å²) in [5, 5.41) is 8.77. The van der Waals surface area contributed by atoms with Crippen molar-refractivity contribution in [1.29, 1.82) is 0 Å². The second kappa shape index (κ2) is 7.49. The first-order valence-corrected chi connectivity index (χ1v) is 5.86. The maximum atomic E-state index is 10.6. The highest BCUT2D eigenvalue weighted by molar-refractivity contribution is 5.69. The van der Waals surface area contributed by atoms with E-state index in [1.165, 1.54) is 5.57 Å². The number of carboxylic acids is 1. The van der Waals surface area contributed by atoms with Gasteiger partial charge in [0.25, 0.3) is 0 Å². The molecule has 0 saturated carbocycles. The summed E-state index contributed by atoms with van der Waals surface area (Å²) in [5.74, 6) is -0.394. The summed E-state index contributed by atoms with van der Waals surface area (Å²) in [6.07, 6.45) is 5.17. The lowest BCUT2D eigenvalue weighted by Crippen LogP contribution is -2.13. The van der Waals surface area contributed by atoms with Crippen LogP contribution in [0.1, 0.15) is 52.9 Å². The number of hydrogen-bond donors (Lipinski definition) is 1. The van der Waals surface area contributed by atoms with E-state index in [0.29, 0.717) is 5.92 Å². The van der Waals surface area contributed by atoms with Crippen LogP contribution >= 0.6 is 0 Å². The molecule has 0 rings (SSSR count). The van der Waals surface area contributed by atoms with E-state index in [0.717, 1.165) is 32.1 Å². The Morgan fingerprint density at radius 2 is 2.00 bits per heavy atom. The second-order valence-corrected chi connectivity index (χ2v) is 4.58. The molecule has 0 spiro atoms. The number of carboxylic acid groups (broad SMARTS) is 1. The van der Waals surface area contributed by atoms with Gasteiger partial charge >= 0.3 is 5.97 Å². The zero-order valence-electron chi connectivity index (χ0n) is 10.3. The fraction of sp³-hybridized carbons (Fsp3) is 0.769. The van der Waals surface area contributed by atoms with Gasteiger partial charge in [-0.25, -0.2) is 0 Å². The molecule has 0 aromatic heterocycles. The van der Waals surface area contributed by atoms with Crippen LogP contribution in [0, 0.1) is 11.8 Å². The van der Waals surface area contributed by atoms with Gasteiger partial charge in [-0.05, 0) is 31.6 Å². The molecular formula is C13H24O2. The van der Waals surface area contributed by atoms with Crippen molar-refractivity contribution in [3.05, 3.63) is 12.2 Å². The summed E-state index contributed by atoms with van der Waals surface area (Å²) in [6, 6.07) is 0. The van der Waals surface area contributed by atoms with Gasteiger partial charge in [0.2, 0.25) is 0 Å². The average Bonchev–Trinajstić information content (AvgIpc) is 2.17. The first-order chi connectivity index (χ1) is 6.97. The summed E-state index contributed by atoms with van der Waals surface area (Å²) >= 11 is 0. The number of aliphatic carboxylic acids is 1. The Balaban J connectivity index is 3.61. The molecule has 1 N–H and O–H groups in total. The molecule has 2 heteroatoms. The quantitative estimate of drug-likeness (QED) is 0.620. The minimum atomic E-state index is -0.681. The number of allylic oxidation sites excluding steroid dienone is 1. The number of carbonyl (C=O) groups is 1. The van der Waals surface area contributed by atoms with Gasteiger partial charge in [0.1, 0.15) is 0 Å². The molecule has 0 fully saturated rings. The molecule has 0 heterocycles. The summed E-state index contributed by atoms with van der Waals surface area (Å²) < 4.78 is 0. The molecule has 0 aromatic rings. The Hall–Kier alpha value is -0.790. The van der Waals surface area contributed by atoms with Gasteiger partial charge in [-0.15, -0.1) is 0 Å². The van der Waals surface area contributed by atoms with Gasteiger partial charge in [-0.1, -0.05) is 39.3 Å². The molecule has 15 heavy (non-hydrogen) atoms. The topological polar surface area (TPSA) is 37.3 Å². The van der Waals surface area contributed by atoms with Gasteiger partial charge < -0.3 is 5.11 Å². The van der Waals surface area contributed by atoms with Crippen LogP contribution in [-0.2, 0) is 4.79 Å². The van der Waals surface area contributed by atoms with E-state index in [-0.39, 0.29) is 5.92 Å². The Morgan fingerprint density at radius 3 is 2.47 bits per heavy atom. The van der Waals surface area contributed by atoms with Crippen LogP contribution in [0.25, 0.3) is 0 Å². The average molecular weight is 212 g/mol. The summed E-state index contributed by atoms with van der Waals surface area (Å²) in [6.45, 7) is 10.0. The van der Waals surface area contributed by atoms with E-state index < -0.39 is 5.97 Å². The fourth-order valence-electron chi connectivity index (χ4n) is 1.70. The van der Waals surface area contributed by atoms with E-state index in [1.54, 1.807) is 6.92 Å². The van der Waals surface area contributed by atoms with E-state index in [9.17, 15) is 4.79 Å². The zero-order valence-corrected chi connectivity index (χ0v) is 10.3. The molecule has 0 bridgehead atoms. The molecule has 0 aromatic carbocycles. The van der Waals surface area contributed by atoms with Gasteiger partial charge in [0, 0.05) is 0 Å². The van der Waals surface area contributed by atoms with Crippen molar-refractivity contribution in [2.45, 2.75) is 52.9 Å². The predicted octanol–water partition coefficient (Wildman–Crippen LogP) is 3.87. The van der Waals surface area contributed by atoms with Crippen molar-refractivity contribution in [1.82, 2.24) is 0 Å². The Bertz CT molecular complexity index is 209. The number of hydrogen-bond acceptors (Lipinski definition) is 1. The van der Waals surface area contributed by atoms with E-state index >= 15 is 0 Å². The summed E-state index contributed by atoms with van der Waals surface area (Å²) in [4.78, 5) is 10.6. The normalized spacial score (nSPS) is 14.6. The number of rotatable bonds is 8. The van der Waals surface area contributed by atoms with Crippen molar-refractivity contribution in [3.8, 4) is 0 Å². The molecule has 0 aliphatic carbocycles. The molecule has 0 aliphatic rings. The van der Waals surface area contributed by atoms with Crippen molar-refractivity contribution in [2.75, 3.05) is 0 Å². The molecule has 0 saturated heterocycles. The van der Waals surface area contributed by atoms with Crippen molar-refractivity contribution in [2.24, 2.45) is 11.8 Å². The largest absolute Gasteiger partial charge is 0.481 e. The first-order valence-electron chi connectivity index (χ1n) is 5.86. The highest BCUT2D eigenvalue weighted by Crippen LogP contribution is 2.19.